The van der Waals surface area contributed by atoms with E-state index < -0.39 is 0 Å². The Bertz CT molecular complexity index is 1600. The van der Waals surface area contributed by atoms with E-state index in [1.165, 1.54) is 0 Å². The summed E-state index contributed by atoms with van der Waals surface area (Å²) in [5, 5.41) is 5.43. The van der Waals surface area contributed by atoms with Gasteiger partial charge in [0.1, 0.15) is 0 Å². The van der Waals surface area contributed by atoms with Gasteiger partial charge in [-0.05, 0) is 67.3 Å². The van der Waals surface area contributed by atoms with E-state index >= 15 is 0 Å². The first kappa shape index (κ1) is 25.2. The summed E-state index contributed by atoms with van der Waals surface area (Å²) in [5.74, 6) is 0.329. The molecule has 0 radical (unpaired) electrons. The van der Waals surface area contributed by atoms with Crippen molar-refractivity contribution in [2.75, 3.05) is 19.0 Å². The van der Waals surface area contributed by atoms with Gasteiger partial charge < -0.3 is 19.6 Å². The number of aromatic nitrogens is 4. The molecule has 194 valence electrons. The fourth-order valence-corrected chi connectivity index (χ4v) is 4.64. The van der Waals surface area contributed by atoms with Gasteiger partial charge in [-0.1, -0.05) is 24.3 Å². The molecule has 1 unspecified atom stereocenters. The summed E-state index contributed by atoms with van der Waals surface area (Å²) in [5.41, 5.74) is 6.39. The zero-order chi connectivity index (χ0) is 26.6. The minimum absolute atomic E-state index is 0.0308. The number of urea groups is 1. The number of hydrogen-bond donors (Lipinski definition) is 3. The molecule has 1 aliphatic carbocycles. The van der Waals surface area contributed by atoms with Gasteiger partial charge in [0, 0.05) is 37.2 Å². The second kappa shape index (κ2) is 10.9. The summed E-state index contributed by atoms with van der Waals surface area (Å²) in [4.78, 5) is 37.7. The van der Waals surface area contributed by atoms with E-state index in [1.807, 2.05) is 56.3 Å². The molecule has 0 saturated carbocycles. The molecule has 2 amide bonds. The molecule has 9 heteroatoms. The second-order valence-corrected chi connectivity index (χ2v) is 9.17. The number of ether oxygens (including phenoxy) is 1. The highest BCUT2D eigenvalue weighted by Gasteiger charge is 2.16. The van der Waals surface area contributed by atoms with Gasteiger partial charge in [-0.2, -0.15) is 0 Å². The molecular weight excluding hydrogens is 480 g/mol. The third-order valence-electron chi connectivity index (χ3n) is 6.52. The highest BCUT2D eigenvalue weighted by molar-refractivity contribution is 5.98. The monoisotopic (exact) mass is 510 g/mol. The first-order valence-electron chi connectivity index (χ1n) is 12.6. The van der Waals surface area contributed by atoms with E-state index in [9.17, 15) is 9.59 Å². The number of aryl methyl sites for hydroxylation is 1. The predicted molar refractivity (Wildman–Crippen MR) is 149 cm³/mol. The Balaban J connectivity index is 1.56. The van der Waals surface area contributed by atoms with E-state index in [0.717, 1.165) is 45.6 Å². The Hall–Kier alpha value is -4.50. The van der Waals surface area contributed by atoms with Crippen LogP contribution in [-0.2, 0) is 11.3 Å². The van der Waals surface area contributed by atoms with Crippen LogP contribution in [0.25, 0.3) is 33.4 Å². The van der Waals surface area contributed by atoms with E-state index in [2.05, 4.69) is 37.7 Å². The van der Waals surface area contributed by atoms with E-state index in [1.54, 1.807) is 23.9 Å². The molecule has 0 bridgehead atoms. The highest BCUT2D eigenvalue weighted by Crippen LogP contribution is 2.33. The first-order chi connectivity index (χ1) is 18.4. The molecule has 4 aromatic rings. The lowest BCUT2D eigenvalue weighted by atomic mass is 9.99. The smallest absolute Gasteiger partial charge is 0.321 e. The summed E-state index contributed by atoms with van der Waals surface area (Å²) in [6.45, 7) is 4.76. The molecule has 5 rings (SSSR count). The highest BCUT2D eigenvalue weighted by atomic mass is 16.5. The SMILES string of the molecule is CCNC(=O)Nc1nc2cc(-c3cc(C)n(CC4=CC(OC)CC=C4)c(=O)c3)cc(-c3ccccn3)c2[nH]1. The molecule has 3 aromatic heterocycles. The van der Waals surface area contributed by atoms with Crippen LogP contribution in [0.3, 0.4) is 0 Å². The number of imidazole rings is 1. The van der Waals surface area contributed by atoms with Crippen LogP contribution >= 0.6 is 0 Å². The molecule has 1 atom stereocenters. The quantitative estimate of drug-likeness (QED) is 0.330. The van der Waals surface area contributed by atoms with Crippen LogP contribution in [0, 0.1) is 6.92 Å². The van der Waals surface area contributed by atoms with Gasteiger partial charge in [0.15, 0.2) is 0 Å². The maximum absolute atomic E-state index is 13.3. The lowest BCUT2D eigenvalue weighted by molar-refractivity contribution is 0.141. The number of aromatic amines is 1. The van der Waals surface area contributed by atoms with Crippen LogP contribution in [0.2, 0.25) is 0 Å². The number of nitrogens with one attached hydrogen (secondary N) is 3. The number of rotatable bonds is 7. The Morgan fingerprint density at radius 3 is 2.79 bits per heavy atom. The molecule has 0 fully saturated rings. The van der Waals surface area contributed by atoms with Crippen molar-refractivity contribution in [3.8, 4) is 22.4 Å². The number of hydrogen-bond acceptors (Lipinski definition) is 5. The number of pyridine rings is 2. The van der Waals surface area contributed by atoms with Crippen molar-refractivity contribution in [3.05, 3.63) is 88.5 Å². The zero-order valence-corrected chi connectivity index (χ0v) is 21.6. The molecule has 9 nitrogen and oxygen atoms in total. The van der Waals surface area contributed by atoms with Crippen molar-refractivity contribution in [1.82, 2.24) is 24.8 Å². The normalized spacial score (nSPS) is 14.9. The van der Waals surface area contributed by atoms with Crippen molar-refractivity contribution >= 4 is 23.0 Å². The fraction of sp³-hybridized carbons (Fsp3) is 0.241. The third-order valence-corrected chi connectivity index (χ3v) is 6.52. The minimum Gasteiger partial charge on any atom is -0.377 e. The number of carbonyl (C=O) groups excluding carboxylic acids is 1. The van der Waals surface area contributed by atoms with Gasteiger partial charge in [-0.25, -0.2) is 9.78 Å². The second-order valence-electron chi connectivity index (χ2n) is 9.17. The Morgan fingerprint density at radius 2 is 2.05 bits per heavy atom. The lowest BCUT2D eigenvalue weighted by Gasteiger charge is -2.18. The van der Waals surface area contributed by atoms with Gasteiger partial charge in [0.2, 0.25) is 5.95 Å². The van der Waals surface area contributed by atoms with Crippen LogP contribution in [0.5, 0.6) is 0 Å². The summed E-state index contributed by atoms with van der Waals surface area (Å²) in [6, 6.07) is 12.9. The maximum Gasteiger partial charge on any atom is 0.321 e. The van der Waals surface area contributed by atoms with E-state index in [4.69, 9.17) is 4.74 Å². The van der Waals surface area contributed by atoms with E-state index in [-0.39, 0.29) is 17.7 Å². The van der Waals surface area contributed by atoms with Crippen LogP contribution < -0.4 is 16.2 Å². The zero-order valence-electron chi connectivity index (χ0n) is 21.6. The summed E-state index contributed by atoms with van der Waals surface area (Å²) in [7, 11) is 1.69. The fourth-order valence-electron chi connectivity index (χ4n) is 4.64. The van der Waals surface area contributed by atoms with Crippen molar-refractivity contribution in [2.45, 2.75) is 32.9 Å². The van der Waals surface area contributed by atoms with Gasteiger partial charge in [0.25, 0.3) is 5.56 Å². The van der Waals surface area contributed by atoms with Crippen molar-refractivity contribution in [2.24, 2.45) is 0 Å². The molecule has 1 aliphatic rings. The van der Waals surface area contributed by atoms with Gasteiger partial charge in [-0.3, -0.25) is 15.1 Å². The van der Waals surface area contributed by atoms with Crippen molar-refractivity contribution in [1.29, 1.82) is 0 Å². The number of fused-ring (bicyclic) bond motifs is 1. The van der Waals surface area contributed by atoms with Crippen LogP contribution in [0.1, 0.15) is 19.0 Å². The molecule has 0 spiro atoms. The Morgan fingerprint density at radius 1 is 1.21 bits per heavy atom. The van der Waals surface area contributed by atoms with Gasteiger partial charge in [-0.15, -0.1) is 0 Å². The van der Waals surface area contributed by atoms with Crippen LogP contribution in [0.15, 0.2) is 77.3 Å². The predicted octanol–water partition coefficient (Wildman–Crippen LogP) is 4.80. The van der Waals surface area contributed by atoms with Crippen LogP contribution in [0.4, 0.5) is 10.7 Å². The molecule has 0 aliphatic heterocycles. The average Bonchev–Trinajstić information content (AvgIpc) is 3.33. The van der Waals surface area contributed by atoms with Crippen LogP contribution in [-0.4, -0.2) is 45.3 Å². The number of amides is 2. The number of H-pyrrole nitrogens is 1. The number of nitrogens with zero attached hydrogens (tertiary/aromatic N) is 3. The number of anilines is 1. The summed E-state index contributed by atoms with van der Waals surface area (Å²) < 4.78 is 7.22. The molecule has 38 heavy (non-hydrogen) atoms. The lowest BCUT2D eigenvalue weighted by Crippen LogP contribution is -2.28. The minimum atomic E-state index is -0.342. The van der Waals surface area contributed by atoms with Gasteiger partial charge in [0.05, 0.1) is 29.4 Å². The third kappa shape index (κ3) is 5.28. The molecule has 3 N–H and O–H groups in total. The number of carbonyl (C=O) groups is 1. The first-order valence-corrected chi connectivity index (χ1v) is 12.6. The maximum atomic E-state index is 13.3. The van der Waals surface area contributed by atoms with Gasteiger partial charge >= 0.3 is 6.03 Å². The summed E-state index contributed by atoms with van der Waals surface area (Å²) in [6.07, 6.45) is 8.78. The molecule has 0 saturated heterocycles. The Kier molecular flexibility index (Phi) is 7.19. The Labute approximate surface area is 220 Å². The number of allylic oxidation sites excluding steroid dienone is 2. The summed E-state index contributed by atoms with van der Waals surface area (Å²) >= 11 is 0. The van der Waals surface area contributed by atoms with Crippen molar-refractivity contribution in [3.63, 3.8) is 0 Å². The largest absolute Gasteiger partial charge is 0.377 e. The number of methoxy groups -OCH3 is 1. The number of benzene rings is 1. The average molecular weight is 511 g/mol. The van der Waals surface area contributed by atoms with E-state index in [0.29, 0.717) is 24.6 Å². The topological polar surface area (TPSA) is 114 Å². The standard InChI is InChI=1S/C29H30N6O3/c1-4-30-29(37)34-28-32-25-15-21(14-23(27(25)33-28)24-10-5-6-11-31-24)20-12-18(2)35(26(36)16-20)17-19-8-7-9-22(13-19)38-3/h5-8,10-16,22H,4,9,17H2,1-3H3,(H3,30,32,33,34,37). The molecule has 1 aromatic carbocycles. The van der Waals surface area contributed by atoms with Crippen molar-refractivity contribution < 1.29 is 9.53 Å². The molecular formula is C29H30N6O3. The molecule has 3 heterocycles.